The third-order valence-corrected chi connectivity index (χ3v) is 7.21. The number of piperazine rings is 1. The van der Waals surface area contributed by atoms with Crippen LogP contribution in [0.3, 0.4) is 0 Å². The molecule has 0 aliphatic carbocycles. The maximum absolute atomic E-state index is 9.21. The first-order valence-corrected chi connectivity index (χ1v) is 12.6. The Balaban J connectivity index is 1.13. The highest BCUT2D eigenvalue weighted by Gasteiger charge is 2.41. The zero-order valence-corrected chi connectivity index (χ0v) is 20.8. The van der Waals surface area contributed by atoms with Gasteiger partial charge in [0.05, 0.1) is 12.5 Å². The van der Waals surface area contributed by atoms with Crippen molar-refractivity contribution in [2.24, 2.45) is 11.1 Å². The van der Waals surface area contributed by atoms with Crippen molar-refractivity contribution in [3.05, 3.63) is 65.2 Å². The molecule has 186 valence electrons. The molecule has 0 aromatic heterocycles. The monoisotopic (exact) mass is 476 g/mol. The van der Waals surface area contributed by atoms with Crippen molar-refractivity contribution < 1.29 is 14.7 Å². The summed E-state index contributed by atoms with van der Waals surface area (Å²) < 4.78 is 6.15. The molecule has 2 aromatic rings. The Kier molecular flexibility index (Phi) is 7.37. The second-order valence-electron chi connectivity index (χ2n) is 9.84. The zero-order valence-electron chi connectivity index (χ0n) is 20.8. The van der Waals surface area contributed by atoms with Crippen molar-refractivity contribution >= 4 is 17.5 Å². The average molecular weight is 477 g/mol. The number of anilines is 1. The van der Waals surface area contributed by atoms with Crippen molar-refractivity contribution in [2.45, 2.75) is 13.0 Å². The number of oxime groups is 1. The molecule has 1 N–H and O–H groups in total. The van der Waals surface area contributed by atoms with Gasteiger partial charge in [0.25, 0.3) is 0 Å². The lowest BCUT2D eigenvalue weighted by Gasteiger charge is -2.36. The van der Waals surface area contributed by atoms with Crippen LogP contribution in [-0.4, -0.2) is 92.8 Å². The number of nitrogens with zero attached hydrogens (tertiary/aromatic N) is 4. The summed E-state index contributed by atoms with van der Waals surface area (Å²) in [7, 11) is 1.97. The van der Waals surface area contributed by atoms with Crippen LogP contribution in [0.1, 0.15) is 18.1 Å². The van der Waals surface area contributed by atoms with Crippen LogP contribution in [0.4, 0.5) is 5.69 Å². The van der Waals surface area contributed by atoms with Crippen LogP contribution in [0.5, 0.6) is 5.75 Å². The van der Waals surface area contributed by atoms with Gasteiger partial charge in [-0.2, -0.15) is 0 Å². The summed E-state index contributed by atoms with van der Waals surface area (Å²) >= 11 is 0. The van der Waals surface area contributed by atoms with Crippen molar-refractivity contribution in [3.63, 3.8) is 0 Å². The third-order valence-electron chi connectivity index (χ3n) is 7.21. The summed E-state index contributed by atoms with van der Waals surface area (Å²) in [5.41, 5.74) is 5.72. The predicted molar refractivity (Wildman–Crippen MR) is 140 cm³/mol. The normalized spacial score (nSPS) is 22.6. The highest BCUT2D eigenvalue weighted by Crippen LogP contribution is 2.36. The first-order valence-electron chi connectivity index (χ1n) is 12.6. The van der Waals surface area contributed by atoms with Crippen LogP contribution in [0, 0.1) is 5.92 Å². The van der Waals surface area contributed by atoms with Gasteiger partial charge in [-0.3, -0.25) is 9.80 Å². The van der Waals surface area contributed by atoms with E-state index in [1.807, 2.05) is 18.0 Å². The molecule has 0 radical (unpaired) electrons. The van der Waals surface area contributed by atoms with Crippen LogP contribution >= 0.6 is 0 Å². The Bertz CT molecular complexity index is 1060. The molecule has 2 unspecified atom stereocenters. The lowest BCUT2D eigenvalue weighted by Crippen LogP contribution is -2.50. The third kappa shape index (κ3) is 5.53. The Morgan fingerprint density at radius 3 is 2.66 bits per heavy atom. The molecule has 0 amide bonds. The van der Waals surface area contributed by atoms with Gasteiger partial charge in [0.2, 0.25) is 0 Å². The van der Waals surface area contributed by atoms with E-state index in [0.29, 0.717) is 13.2 Å². The lowest BCUT2D eigenvalue weighted by molar-refractivity contribution is 0.0101. The number of ether oxygens (including phenoxy) is 1. The van der Waals surface area contributed by atoms with E-state index in [9.17, 15) is 5.11 Å². The highest BCUT2D eigenvalue weighted by atomic mass is 16.6. The number of likely N-dealkylation sites (N-methyl/N-ethyl adjacent to an activating group) is 1. The average Bonchev–Trinajstić information content (AvgIpc) is 3.28. The van der Waals surface area contributed by atoms with Gasteiger partial charge in [-0.1, -0.05) is 47.1 Å². The molecule has 0 saturated carbocycles. The van der Waals surface area contributed by atoms with E-state index >= 15 is 0 Å². The molecular weight excluding hydrogens is 440 g/mol. The molecule has 5 rings (SSSR count). The molecule has 3 aliphatic rings. The van der Waals surface area contributed by atoms with E-state index < -0.39 is 0 Å². The molecule has 1 saturated heterocycles. The summed E-state index contributed by atoms with van der Waals surface area (Å²) in [6.07, 6.45) is 2.31. The maximum atomic E-state index is 9.21. The summed E-state index contributed by atoms with van der Waals surface area (Å²) in [6, 6.07) is 16.7. The van der Waals surface area contributed by atoms with Gasteiger partial charge in [0.15, 0.2) is 6.10 Å². The molecule has 7 heteroatoms. The largest absolute Gasteiger partial charge is 0.492 e. The van der Waals surface area contributed by atoms with Gasteiger partial charge in [-0.25, -0.2) is 0 Å². The van der Waals surface area contributed by atoms with Gasteiger partial charge >= 0.3 is 0 Å². The zero-order chi connectivity index (χ0) is 24.2. The SMILES string of the molecule is C/C(=C\c1ccccc1)CN1CCN(CC2ON=C3c4ccc(N(C)CCO)cc4OCC32)CC1. The number of benzene rings is 2. The minimum atomic E-state index is 0.0288. The van der Waals surface area contributed by atoms with E-state index in [2.05, 4.69) is 70.4 Å². The topological polar surface area (TPSA) is 60.8 Å². The molecule has 35 heavy (non-hydrogen) atoms. The molecule has 2 aromatic carbocycles. The second kappa shape index (κ2) is 10.8. The van der Waals surface area contributed by atoms with Gasteiger partial charge < -0.3 is 19.6 Å². The van der Waals surface area contributed by atoms with Crippen LogP contribution in [0.15, 0.2) is 59.3 Å². The van der Waals surface area contributed by atoms with E-state index in [0.717, 1.165) is 62.0 Å². The fourth-order valence-electron chi connectivity index (χ4n) is 5.19. The molecular formula is C28H36N4O3. The van der Waals surface area contributed by atoms with Gasteiger partial charge in [0.1, 0.15) is 18.1 Å². The fraction of sp³-hybridized carbons (Fsp3) is 0.464. The van der Waals surface area contributed by atoms with Crippen molar-refractivity contribution in [2.75, 3.05) is 71.0 Å². The number of rotatable bonds is 8. The molecule has 0 bridgehead atoms. The smallest absolute Gasteiger partial charge is 0.151 e. The van der Waals surface area contributed by atoms with Gasteiger partial charge in [0, 0.05) is 70.2 Å². The minimum Gasteiger partial charge on any atom is -0.492 e. The van der Waals surface area contributed by atoms with Crippen molar-refractivity contribution in [3.8, 4) is 5.75 Å². The number of aliphatic hydroxyl groups excluding tert-OH is 1. The van der Waals surface area contributed by atoms with Gasteiger partial charge in [-0.05, 0) is 24.6 Å². The number of hydrogen-bond donors (Lipinski definition) is 1. The maximum Gasteiger partial charge on any atom is 0.151 e. The van der Waals surface area contributed by atoms with E-state index in [1.54, 1.807) is 0 Å². The van der Waals surface area contributed by atoms with E-state index in [4.69, 9.17) is 9.57 Å². The molecule has 3 aliphatic heterocycles. The van der Waals surface area contributed by atoms with Crippen LogP contribution in [0.2, 0.25) is 0 Å². The summed E-state index contributed by atoms with van der Waals surface area (Å²) in [5, 5.41) is 13.7. The first-order chi connectivity index (χ1) is 17.1. The summed E-state index contributed by atoms with van der Waals surface area (Å²) in [4.78, 5) is 13.0. The standard InChI is InChI=1S/C28H36N4O3/c1-21(16-22-6-4-3-5-7-22)18-31-10-12-32(13-11-31)19-27-25-20-34-26-17-23(30(2)14-15-33)8-9-24(26)28(25)29-35-27/h3-9,16-17,25,27,33H,10-15,18-20H2,1-2H3/b21-16+. The number of hydrogen-bond acceptors (Lipinski definition) is 7. The Labute approximate surface area is 208 Å². The van der Waals surface area contributed by atoms with Crippen LogP contribution in [0.25, 0.3) is 6.08 Å². The Hall–Kier alpha value is -2.87. The molecule has 7 nitrogen and oxygen atoms in total. The van der Waals surface area contributed by atoms with Crippen molar-refractivity contribution in [1.29, 1.82) is 0 Å². The van der Waals surface area contributed by atoms with Crippen LogP contribution in [-0.2, 0) is 4.84 Å². The first kappa shape index (κ1) is 23.9. The second-order valence-corrected chi connectivity index (χ2v) is 9.84. The van der Waals surface area contributed by atoms with E-state index in [-0.39, 0.29) is 18.6 Å². The van der Waals surface area contributed by atoms with Crippen LogP contribution < -0.4 is 9.64 Å². The quantitative estimate of drug-likeness (QED) is 0.632. The number of aliphatic hydroxyl groups is 1. The summed E-state index contributed by atoms with van der Waals surface area (Å²) in [5.74, 6) is 1.01. The number of fused-ring (bicyclic) bond motifs is 3. The predicted octanol–water partition coefficient (Wildman–Crippen LogP) is 2.95. The van der Waals surface area contributed by atoms with Crippen molar-refractivity contribution in [1.82, 2.24) is 9.80 Å². The van der Waals surface area contributed by atoms with Gasteiger partial charge in [-0.15, -0.1) is 0 Å². The fourth-order valence-corrected chi connectivity index (χ4v) is 5.19. The Morgan fingerprint density at radius 2 is 1.89 bits per heavy atom. The van der Waals surface area contributed by atoms with E-state index in [1.165, 1.54) is 11.1 Å². The Morgan fingerprint density at radius 1 is 1.11 bits per heavy atom. The summed E-state index contributed by atoms with van der Waals surface area (Å²) in [6.45, 7) is 9.62. The molecule has 0 spiro atoms. The molecule has 1 fully saturated rings. The molecule has 2 atom stereocenters. The molecule has 3 heterocycles. The lowest BCUT2D eigenvalue weighted by atomic mass is 9.90. The highest BCUT2D eigenvalue weighted by molar-refractivity contribution is 6.06. The minimum absolute atomic E-state index is 0.0288.